The zero-order valence-electron chi connectivity index (χ0n) is 22.5. The quantitative estimate of drug-likeness (QED) is 0.472. The molecule has 0 saturated carbocycles. The molecule has 1 aromatic carbocycles. The normalized spacial score (nSPS) is 19.0. The van der Waals surface area contributed by atoms with Gasteiger partial charge in [0, 0.05) is 31.3 Å². The average Bonchev–Trinajstić information content (AvgIpc) is 2.93. The minimum Gasteiger partial charge on any atom is -0.472 e. The van der Waals surface area contributed by atoms with Gasteiger partial charge in [0.1, 0.15) is 17.8 Å². The molecule has 1 aromatic heterocycles. The Morgan fingerprint density at radius 3 is 2.59 bits per heavy atom. The summed E-state index contributed by atoms with van der Waals surface area (Å²) in [7, 11) is -2.46. The predicted molar refractivity (Wildman–Crippen MR) is 144 cm³/mol. The first kappa shape index (κ1) is 30.1. The van der Waals surface area contributed by atoms with Crippen molar-refractivity contribution in [1.82, 2.24) is 14.2 Å². The summed E-state index contributed by atoms with van der Waals surface area (Å²) in [6.07, 6.45) is 1.26. The molecule has 2 heterocycles. The average molecular weight is 555 g/mol. The van der Waals surface area contributed by atoms with E-state index in [0.717, 1.165) is 6.42 Å². The second kappa shape index (κ2) is 13.0. The molecule has 0 spiro atoms. The fourth-order valence-electron chi connectivity index (χ4n) is 4.13. The molecule has 1 aliphatic heterocycles. The number of nitriles is 1. The first-order valence-corrected chi connectivity index (χ1v) is 14.2. The zero-order chi connectivity index (χ0) is 28.7. The molecule has 11 heteroatoms. The van der Waals surface area contributed by atoms with Gasteiger partial charge in [0.15, 0.2) is 0 Å². The number of nitrogens with zero attached hydrogens (tertiary/aromatic N) is 4. The number of fused-ring (bicyclic) bond motifs is 1. The number of pyridine rings is 1. The highest BCUT2D eigenvalue weighted by Crippen LogP contribution is 2.28. The highest BCUT2D eigenvalue weighted by Gasteiger charge is 2.36. The highest BCUT2D eigenvalue weighted by molar-refractivity contribution is 7.89. The summed E-state index contributed by atoms with van der Waals surface area (Å²) in [5.41, 5.74) is 0.910. The van der Waals surface area contributed by atoms with E-state index in [2.05, 4.69) is 16.8 Å². The lowest BCUT2D eigenvalue weighted by molar-refractivity contribution is 0.0373. The van der Waals surface area contributed by atoms with Crippen LogP contribution in [0.15, 0.2) is 41.4 Å². The molecule has 3 rings (SSSR count). The maximum Gasteiger partial charge on any atom is 0.259 e. The van der Waals surface area contributed by atoms with Crippen molar-refractivity contribution >= 4 is 15.9 Å². The Morgan fingerprint density at radius 2 is 1.97 bits per heavy atom. The molecule has 1 unspecified atom stereocenters. The van der Waals surface area contributed by atoms with Crippen LogP contribution in [0.25, 0.3) is 0 Å². The van der Waals surface area contributed by atoms with Crippen LogP contribution in [0.3, 0.4) is 0 Å². The third-order valence-corrected chi connectivity index (χ3v) is 8.43. The third-order valence-electron chi connectivity index (χ3n) is 6.59. The molecule has 0 bridgehead atoms. The number of likely N-dealkylation sites (N-methyl/N-ethyl adjacent to an activating group) is 1. The Hall–Kier alpha value is -3.48. The summed E-state index contributed by atoms with van der Waals surface area (Å²) in [4.78, 5) is 19.4. The van der Waals surface area contributed by atoms with E-state index in [4.69, 9.17) is 10.00 Å². The van der Waals surface area contributed by atoms with Crippen LogP contribution in [0.1, 0.15) is 55.1 Å². The first-order valence-electron chi connectivity index (χ1n) is 12.8. The SMILES string of the molecule is CCCC(O)C#Cc1cnc2c(c1)C(=O)N([C@H](C)CO)C[C@H](C)[C@H](CN(C)S(=O)(=O)c1ccc(C#N)cc1)O2. The van der Waals surface area contributed by atoms with E-state index in [1.807, 2.05) is 19.9 Å². The fourth-order valence-corrected chi connectivity index (χ4v) is 5.32. The van der Waals surface area contributed by atoms with Crippen molar-refractivity contribution in [3.8, 4) is 23.8 Å². The Bertz CT molecular complexity index is 1380. The third kappa shape index (κ3) is 7.14. The van der Waals surface area contributed by atoms with Crippen molar-refractivity contribution < 1.29 is 28.2 Å². The van der Waals surface area contributed by atoms with E-state index >= 15 is 0 Å². The number of carbonyl (C=O) groups is 1. The lowest BCUT2D eigenvalue weighted by Gasteiger charge is -2.37. The van der Waals surface area contributed by atoms with E-state index in [0.29, 0.717) is 17.5 Å². The van der Waals surface area contributed by atoms with Crippen molar-refractivity contribution in [2.75, 3.05) is 26.7 Å². The summed E-state index contributed by atoms with van der Waals surface area (Å²) in [5.74, 6) is 4.92. The van der Waals surface area contributed by atoms with Crippen LogP contribution in [-0.2, 0) is 10.0 Å². The Kier molecular flexibility index (Phi) is 10.1. The molecule has 10 nitrogen and oxygen atoms in total. The van der Waals surface area contributed by atoms with E-state index in [1.54, 1.807) is 6.92 Å². The van der Waals surface area contributed by atoms with Crippen LogP contribution in [-0.4, -0.2) is 83.7 Å². The Balaban J connectivity index is 1.96. The Morgan fingerprint density at radius 1 is 1.28 bits per heavy atom. The maximum absolute atomic E-state index is 13.5. The number of ether oxygens (including phenoxy) is 1. The van der Waals surface area contributed by atoms with Gasteiger partial charge in [0.2, 0.25) is 15.9 Å². The zero-order valence-corrected chi connectivity index (χ0v) is 23.4. The predicted octanol–water partition coefficient (Wildman–Crippen LogP) is 2.01. The van der Waals surface area contributed by atoms with Gasteiger partial charge in [-0.05, 0) is 43.7 Å². The fraction of sp³-hybridized carbons (Fsp3) is 0.464. The monoisotopic (exact) mass is 554 g/mol. The van der Waals surface area contributed by atoms with Gasteiger partial charge >= 0.3 is 0 Å². The number of aliphatic hydroxyl groups excluding tert-OH is 2. The van der Waals surface area contributed by atoms with Gasteiger partial charge in [-0.25, -0.2) is 13.4 Å². The summed E-state index contributed by atoms with van der Waals surface area (Å²) >= 11 is 0. The molecule has 0 saturated heterocycles. The number of benzene rings is 1. The second-order valence-electron chi connectivity index (χ2n) is 9.69. The van der Waals surface area contributed by atoms with Gasteiger partial charge in [-0.15, -0.1) is 0 Å². The lowest BCUT2D eigenvalue weighted by Crippen LogP contribution is -2.50. The van der Waals surface area contributed by atoms with Crippen LogP contribution in [0, 0.1) is 29.1 Å². The molecule has 2 aromatic rings. The van der Waals surface area contributed by atoms with Gasteiger partial charge in [0.25, 0.3) is 5.91 Å². The number of amides is 1. The van der Waals surface area contributed by atoms with Crippen LogP contribution in [0.5, 0.6) is 5.88 Å². The summed E-state index contributed by atoms with van der Waals surface area (Å²) in [6.45, 7) is 5.42. The van der Waals surface area contributed by atoms with Crippen LogP contribution in [0.4, 0.5) is 0 Å². The van der Waals surface area contributed by atoms with Crippen LogP contribution in [0.2, 0.25) is 0 Å². The number of hydrogen-bond donors (Lipinski definition) is 2. The number of sulfonamides is 1. The van der Waals surface area contributed by atoms with Crippen molar-refractivity contribution in [2.45, 2.75) is 56.8 Å². The van der Waals surface area contributed by atoms with Crippen LogP contribution >= 0.6 is 0 Å². The minimum atomic E-state index is -3.90. The topological polar surface area (TPSA) is 144 Å². The Labute approximate surface area is 229 Å². The number of aliphatic hydroxyl groups is 2. The highest BCUT2D eigenvalue weighted by atomic mass is 32.2. The minimum absolute atomic E-state index is 0.0368. The van der Waals surface area contributed by atoms with Crippen molar-refractivity contribution in [1.29, 1.82) is 5.26 Å². The molecule has 1 aliphatic rings. The maximum atomic E-state index is 13.5. The molecule has 0 radical (unpaired) electrons. The standard InChI is InChI=1S/C28H34N4O6S/c1-5-6-23(34)10-7-22-13-25-27(30-15-22)38-26(19(2)16-32(28(25)35)20(3)18-33)17-31(4)39(36,37)24-11-8-21(14-29)9-12-24/h8-9,11-13,15,19-20,23,26,33-34H,5-6,16-18H2,1-4H3/t19-,20+,23?,26-/m0/s1. The van der Waals surface area contributed by atoms with Gasteiger partial charge in [-0.1, -0.05) is 32.1 Å². The van der Waals surface area contributed by atoms with Gasteiger partial charge in [-0.3, -0.25) is 4.79 Å². The first-order chi connectivity index (χ1) is 18.5. The molecule has 39 heavy (non-hydrogen) atoms. The van der Waals surface area contributed by atoms with Crippen molar-refractivity contribution in [2.24, 2.45) is 5.92 Å². The van der Waals surface area contributed by atoms with Crippen molar-refractivity contribution in [3.63, 3.8) is 0 Å². The molecule has 0 fully saturated rings. The molecule has 2 N–H and O–H groups in total. The molecular formula is C28H34N4O6S. The van der Waals surface area contributed by atoms with Gasteiger partial charge in [-0.2, -0.15) is 9.57 Å². The van der Waals surface area contributed by atoms with Crippen LogP contribution < -0.4 is 4.74 Å². The van der Waals surface area contributed by atoms with E-state index in [9.17, 15) is 23.4 Å². The molecular weight excluding hydrogens is 520 g/mol. The second-order valence-corrected chi connectivity index (χ2v) is 11.7. The largest absolute Gasteiger partial charge is 0.472 e. The number of hydrogen-bond acceptors (Lipinski definition) is 8. The smallest absolute Gasteiger partial charge is 0.259 e. The molecule has 208 valence electrons. The lowest BCUT2D eigenvalue weighted by atomic mass is 10.0. The van der Waals surface area contributed by atoms with E-state index in [1.165, 1.54) is 52.8 Å². The molecule has 0 aliphatic carbocycles. The van der Waals surface area contributed by atoms with Gasteiger partial charge in [0.05, 0.1) is 35.7 Å². The summed E-state index contributed by atoms with van der Waals surface area (Å²) in [6, 6.07) is 8.65. The summed E-state index contributed by atoms with van der Waals surface area (Å²) in [5, 5.41) is 28.8. The molecule has 1 amide bonds. The number of rotatable bonds is 8. The molecule has 4 atom stereocenters. The summed E-state index contributed by atoms with van der Waals surface area (Å²) < 4.78 is 33.8. The number of aromatic nitrogens is 1. The number of carbonyl (C=O) groups excluding carboxylic acids is 1. The van der Waals surface area contributed by atoms with E-state index < -0.39 is 28.3 Å². The van der Waals surface area contributed by atoms with Gasteiger partial charge < -0.3 is 19.8 Å². The van der Waals surface area contributed by atoms with E-state index in [-0.39, 0.29) is 47.9 Å². The van der Waals surface area contributed by atoms with Crippen molar-refractivity contribution in [3.05, 3.63) is 53.2 Å².